The molecule has 1 saturated heterocycles. The lowest BCUT2D eigenvalue weighted by atomic mass is 10.0. The molecule has 2 unspecified atom stereocenters. The summed E-state index contributed by atoms with van der Waals surface area (Å²) >= 11 is 0. The number of benzene rings is 2. The first-order valence-electron chi connectivity index (χ1n) is 8.62. The number of carbonyl (C=O) groups is 1. The molecular weight excluding hydrogens is 300 g/mol. The van der Waals surface area contributed by atoms with E-state index in [2.05, 4.69) is 10.6 Å². The topological polar surface area (TPSA) is 50.4 Å². The zero-order valence-electron chi connectivity index (χ0n) is 13.6. The fourth-order valence-corrected chi connectivity index (χ4v) is 3.96. The Morgan fingerprint density at radius 2 is 1.62 bits per heavy atom. The smallest absolute Gasteiger partial charge is 0.411 e. The molecule has 1 saturated carbocycles. The molecular formula is C20H22N2O2. The highest BCUT2D eigenvalue weighted by atomic mass is 16.6. The number of para-hydroxylation sites is 1. The van der Waals surface area contributed by atoms with Gasteiger partial charge in [-0.2, -0.15) is 0 Å². The molecule has 2 fully saturated rings. The van der Waals surface area contributed by atoms with E-state index in [1.54, 1.807) is 0 Å². The van der Waals surface area contributed by atoms with Gasteiger partial charge in [0, 0.05) is 5.56 Å². The van der Waals surface area contributed by atoms with Gasteiger partial charge in [0.15, 0.2) is 0 Å². The molecule has 0 spiro atoms. The summed E-state index contributed by atoms with van der Waals surface area (Å²) in [6.07, 6.45) is 1.65. The summed E-state index contributed by atoms with van der Waals surface area (Å²) in [5, 5.41) is 6.33. The number of rotatable bonds is 3. The van der Waals surface area contributed by atoms with Crippen LogP contribution in [-0.2, 0) is 4.74 Å². The molecule has 1 heterocycles. The maximum Gasteiger partial charge on any atom is 0.411 e. The first kappa shape index (κ1) is 15.2. The van der Waals surface area contributed by atoms with Crippen LogP contribution in [0.5, 0.6) is 0 Å². The van der Waals surface area contributed by atoms with Crippen molar-refractivity contribution in [1.29, 1.82) is 0 Å². The van der Waals surface area contributed by atoms with Crippen LogP contribution in [0, 0.1) is 11.8 Å². The van der Waals surface area contributed by atoms with Crippen molar-refractivity contribution >= 4 is 11.8 Å². The minimum Gasteiger partial charge on any atom is -0.446 e. The predicted molar refractivity (Wildman–Crippen MR) is 94.9 cm³/mol. The number of carbonyl (C=O) groups excluding carboxylic acids is 1. The van der Waals surface area contributed by atoms with E-state index in [9.17, 15) is 4.79 Å². The van der Waals surface area contributed by atoms with Crippen LogP contribution in [0.3, 0.4) is 0 Å². The van der Waals surface area contributed by atoms with Crippen LogP contribution in [0.25, 0.3) is 11.1 Å². The maximum absolute atomic E-state index is 12.3. The lowest BCUT2D eigenvalue weighted by molar-refractivity contribution is 0.110. The van der Waals surface area contributed by atoms with Crippen LogP contribution in [-0.4, -0.2) is 25.3 Å². The molecule has 0 bridgehead atoms. The molecule has 1 aliphatic carbocycles. The highest BCUT2D eigenvalue weighted by molar-refractivity contribution is 5.91. The van der Waals surface area contributed by atoms with Gasteiger partial charge in [0.2, 0.25) is 0 Å². The Bertz CT molecular complexity index is 705. The maximum atomic E-state index is 12.3. The van der Waals surface area contributed by atoms with E-state index < -0.39 is 0 Å². The molecule has 2 aliphatic rings. The van der Waals surface area contributed by atoms with Crippen molar-refractivity contribution in [2.75, 3.05) is 18.4 Å². The number of hydrogen-bond donors (Lipinski definition) is 2. The largest absolute Gasteiger partial charge is 0.446 e. The van der Waals surface area contributed by atoms with Crippen molar-refractivity contribution in [3.05, 3.63) is 54.6 Å². The van der Waals surface area contributed by atoms with Gasteiger partial charge in [-0.25, -0.2) is 4.79 Å². The molecule has 2 atom stereocenters. The van der Waals surface area contributed by atoms with Crippen molar-refractivity contribution in [3.8, 4) is 11.1 Å². The van der Waals surface area contributed by atoms with Gasteiger partial charge >= 0.3 is 6.09 Å². The SMILES string of the molecule is O=C(Nc1ccccc1-c1ccccc1)OC1CC2CNCC2C1. The summed E-state index contributed by atoms with van der Waals surface area (Å²) in [6, 6.07) is 17.9. The van der Waals surface area contributed by atoms with Gasteiger partial charge < -0.3 is 10.1 Å². The Labute approximate surface area is 142 Å². The summed E-state index contributed by atoms with van der Waals surface area (Å²) in [7, 11) is 0. The average Bonchev–Trinajstić information content (AvgIpc) is 3.17. The fraction of sp³-hybridized carbons (Fsp3) is 0.350. The summed E-state index contributed by atoms with van der Waals surface area (Å²) < 4.78 is 5.66. The molecule has 24 heavy (non-hydrogen) atoms. The van der Waals surface area contributed by atoms with Gasteiger partial charge in [-0.1, -0.05) is 48.5 Å². The third-order valence-electron chi connectivity index (χ3n) is 5.13. The van der Waals surface area contributed by atoms with Crippen LogP contribution >= 0.6 is 0 Å². The molecule has 2 aromatic carbocycles. The van der Waals surface area contributed by atoms with E-state index >= 15 is 0 Å². The molecule has 2 aromatic rings. The Hall–Kier alpha value is -2.33. The van der Waals surface area contributed by atoms with Crippen molar-refractivity contribution in [2.24, 2.45) is 11.8 Å². The Balaban J connectivity index is 1.43. The second kappa shape index (κ2) is 6.65. The zero-order valence-corrected chi connectivity index (χ0v) is 13.6. The first-order valence-corrected chi connectivity index (χ1v) is 8.62. The minimum absolute atomic E-state index is 0.0472. The van der Waals surface area contributed by atoms with E-state index in [1.165, 1.54) is 0 Å². The number of fused-ring (bicyclic) bond motifs is 1. The van der Waals surface area contributed by atoms with Gasteiger partial charge in [-0.05, 0) is 49.4 Å². The van der Waals surface area contributed by atoms with E-state index in [1.807, 2.05) is 54.6 Å². The molecule has 4 nitrogen and oxygen atoms in total. The van der Waals surface area contributed by atoms with Crippen LogP contribution in [0.4, 0.5) is 10.5 Å². The lowest BCUT2D eigenvalue weighted by Gasteiger charge is -2.15. The van der Waals surface area contributed by atoms with Crippen molar-refractivity contribution in [1.82, 2.24) is 5.32 Å². The molecule has 4 rings (SSSR count). The summed E-state index contributed by atoms with van der Waals surface area (Å²) in [5.41, 5.74) is 2.87. The zero-order chi connectivity index (χ0) is 16.4. The van der Waals surface area contributed by atoms with Crippen LogP contribution in [0.1, 0.15) is 12.8 Å². The molecule has 4 heteroatoms. The number of anilines is 1. The van der Waals surface area contributed by atoms with E-state index in [0.717, 1.165) is 42.7 Å². The van der Waals surface area contributed by atoms with Gasteiger partial charge in [0.1, 0.15) is 6.10 Å². The molecule has 0 radical (unpaired) electrons. The van der Waals surface area contributed by atoms with Crippen molar-refractivity contribution in [3.63, 3.8) is 0 Å². The Morgan fingerprint density at radius 1 is 0.958 bits per heavy atom. The van der Waals surface area contributed by atoms with E-state index in [-0.39, 0.29) is 12.2 Å². The summed E-state index contributed by atoms with van der Waals surface area (Å²) in [6.45, 7) is 2.12. The second-order valence-electron chi connectivity index (χ2n) is 6.71. The van der Waals surface area contributed by atoms with Crippen molar-refractivity contribution < 1.29 is 9.53 Å². The quantitative estimate of drug-likeness (QED) is 0.901. The number of hydrogen-bond acceptors (Lipinski definition) is 3. The van der Waals surface area contributed by atoms with Gasteiger partial charge in [0.25, 0.3) is 0 Å². The van der Waals surface area contributed by atoms with Crippen LogP contribution in [0.2, 0.25) is 0 Å². The van der Waals surface area contributed by atoms with Gasteiger partial charge in [0.05, 0.1) is 5.69 Å². The molecule has 2 N–H and O–H groups in total. The minimum atomic E-state index is -0.351. The highest BCUT2D eigenvalue weighted by Gasteiger charge is 2.39. The highest BCUT2D eigenvalue weighted by Crippen LogP contribution is 2.36. The second-order valence-corrected chi connectivity index (χ2v) is 6.71. The van der Waals surface area contributed by atoms with Gasteiger partial charge in [-0.15, -0.1) is 0 Å². The van der Waals surface area contributed by atoms with Crippen LogP contribution < -0.4 is 10.6 Å². The van der Waals surface area contributed by atoms with Crippen molar-refractivity contribution in [2.45, 2.75) is 18.9 Å². The van der Waals surface area contributed by atoms with Gasteiger partial charge in [-0.3, -0.25) is 5.32 Å². The normalized spacial score (nSPS) is 25.2. The molecule has 1 aliphatic heterocycles. The fourth-order valence-electron chi connectivity index (χ4n) is 3.96. The van der Waals surface area contributed by atoms with Crippen LogP contribution in [0.15, 0.2) is 54.6 Å². The molecule has 0 aromatic heterocycles. The first-order chi connectivity index (χ1) is 11.8. The lowest BCUT2D eigenvalue weighted by Crippen LogP contribution is -2.23. The predicted octanol–water partition coefficient (Wildman–Crippen LogP) is 3.90. The molecule has 124 valence electrons. The average molecular weight is 322 g/mol. The molecule has 1 amide bonds. The van der Waals surface area contributed by atoms with E-state index in [0.29, 0.717) is 11.8 Å². The Morgan fingerprint density at radius 3 is 2.38 bits per heavy atom. The monoisotopic (exact) mass is 322 g/mol. The summed E-state index contributed by atoms with van der Waals surface area (Å²) in [5.74, 6) is 1.33. The summed E-state index contributed by atoms with van der Waals surface area (Å²) in [4.78, 5) is 12.3. The third kappa shape index (κ3) is 3.15. The number of ether oxygens (including phenoxy) is 1. The van der Waals surface area contributed by atoms with E-state index in [4.69, 9.17) is 4.74 Å². The number of amides is 1. The Kier molecular flexibility index (Phi) is 4.22. The standard InChI is InChI=1S/C20H22N2O2/c23-20(24-17-10-15-12-21-13-16(15)11-17)22-19-9-5-4-8-18(19)14-6-2-1-3-7-14/h1-9,15-17,21H,10-13H2,(H,22,23). The number of nitrogens with one attached hydrogen (secondary N) is 2. The third-order valence-corrected chi connectivity index (χ3v) is 5.13.